The van der Waals surface area contributed by atoms with Crippen LogP contribution in [0, 0.1) is 0 Å². The van der Waals surface area contributed by atoms with Crippen molar-refractivity contribution < 1.29 is 28.5 Å². The molecule has 0 unspecified atom stereocenters. The van der Waals surface area contributed by atoms with Crippen molar-refractivity contribution in [1.29, 1.82) is 0 Å². The molecule has 0 bridgehead atoms. The smallest absolute Gasteiger partial charge is 0.308 e. The molecular formula is C17H17ClO6. The molecule has 24 heavy (non-hydrogen) atoms. The minimum atomic E-state index is -0.498. The molecule has 0 aliphatic carbocycles. The fourth-order valence-electron chi connectivity index (χ4n) is 2.35. The quantitative estimate of drug-likeness (QED) is 0.606. The first-order chi connectivity index (χ1) is 11.4. The minimum Gasteiger partial charge on any atom is -0.496 e. The molecule has 0 amide bonds. The maximum absolute atomic E-state index is 11.5. The molecule has 2 aromatic rings. The number of benzene rings is 2. The maximum atomic E-state index is 11.5. The van der Waals surface area contributed by atoms with E-state index in [1.807, 2.05) is 0 Å². The fourth-order valence-corrected chi connectivity index (χ4v) is 2.62. The van der Waals surface area contributed by atoms with Crippen molar-refractivity contribution in [3.05, 3.63) is 28.8 Å². The van der Waals surface area contributed by atoms with E-state index >= 15 is 0 Å². The van der Waals surface area contributed by atoms with Crippen LogP contribution >= 0.6 is 11.6 Å². The normalized spacial score (nSPS) is 10.4. The molecule has 0 spiro atoms. The summed E-state index contributed by atoms with van der Waals surface area (Å²) in [5.41, 5.74) is 0.636. The molecule has 0 aliphatic rings. The Kier molecular flexibility index (Phi) is 5.51. The lowest BCUT2D eigenvalue weighted by molar-refractivity contribution is -0.142. The molecule has 0 radical (unpaired) electrons. The summed E-state index contributed by atoms with van der Waals surface area (Å²) in [6.45, 7) is 2.64. The van der Waals surface area contributed by atoms with Crippen molar-refractivity contribution in [2.75, 3.05) is 14.2 Å². The number of carbonyl (C=O) groups excluding carboxylic acids is 2. The van der Waals surface area contributed by atoms with Gasteiger partial charge in [0.1, 0.15) is 23.9 Å². The molecule has 0 aromatic heterocycles. The van der Waals surface area contributed by atoms with Crippen molar-refractivity contribution in [2.24, 2.45) is 0 Å². The Hall–Kier alpha value is -2.47. The summed E-state index contributed by atoms with van der Waals surface area (Å²) in [6.07, 6.45) is 0. The molecule has 7 heteroatoms. The minimum absolute atomic E-state index is 0.0354. The summed E-state index contributed by atoms with van der Waals surface area (Å²) in [4.78, 5) is 22.5. The van der Waals surface area contributed by atoms with Crippen LogP contribution in [0.4, 0.5) is 0 Å². The van der Waals surface area contributed by atoms with E-state index in [1.165, 1.54) is 28.1 Å². The standard InChI is InChI=1S/C17H17ClO6/c1-9(19)23-8-11-5-12-14(21-3)7-13(18)17(22-4)16(12)15(6-11)24-10(2)20/h5-7H,8H2,1-4H3. The summed E-state index contributed by atoms with van der Waals surface area (Å²) < 4.78 is 21.0. The summed E-state index contributed by atoms with van der Waals surface area (Å²) in [5, 5.41) is 1.45. The van der Waals surface area contributed by atoms with Crippen LogP contribution in [0.2, 0.25) is 5.02 Å². The molecule has 0 atom stereocenters. The van der Waals surface area contributed by atoms with E-state index < -0.39 is 11.9 Å². The predicted molar refractivity (Wildman–Crippen MR) is 88.8 cm³/mol. The second-order valence-electron chi connectivity index (χ2n) is 4.98. The van der Waals surface area contributed by atoms with Crippen molar-refractivity contribution in [3.8, 4) is 17.2 Å². The molecular weight excluding hydrogens is 336 g/mol. The van der Waals surface area contributed by atoms with Crippen LogP contribution in [0.15, 0.2) is 18.2 Å². The molecule has 0 heterocycles. The molecule has 0 saturated heterocycles. The van der Waals surface area contributed by atoms with Crippen molar-refractivity contribution in [2.45, 2.75) is 20.5 Å². The SMILES string of the molecule is COc1cc(Cl)c(OC)c2c(OC(C)=O)cc(COC(C)=O)cc12. The summed E-state index contributed by atoms with van der Waals surface area (Å²) in [6, 6.07) is 4.98. The Morgan fingerprint density at radius 1 is 1.00 bits per heavy atom. The van der Waals surface area contributed by atoms with Crippen molar-refractivity contribution in [1.82, 2.24) is 0 Å². The fraction of sp³-hybridized carbons (Fsp3) is 0.294. The largest absolute Gasteiger partial charge is 0.496 e. The number of hydrogen-bond donors (Lipinski definition) is 0. The second kappa shape index (κ2) is 7.40. The van der Waals surface area contributed by atoms with Gasteiger partial charge >= 0.3 is 11.9 Å². The number of fused-ring (bicyclic) bond motifs is 1. The van der Waals surface area contributed by atoms with Crippen LogP contribution in [-0.4, -0.2) is 26.2 Å². The Bertz CT molecular complexity index is 800. The third-order valence-electron chi connectivity index (χ3n) is 3.25. The number of ether oxygens (including phenoxy) is 4. The highest BCUT2D eigenvalue weighted by Gasteiger charge is 2.19. The van der Waals surface area contributed by atoms with E-state index in [4.69, 9.17) is 30.5 Å². The monoisotopic (exact) mass is 352 g/mol. The molecule has 0 aliphatic heterocycles. The van der Waals surface area contributed by atoms with Gasteiger partial charge in [0.15, 0.2) is 0 Å². The highest BCUT2D eigenvalue weighted by atomic mass is 35.5. The summed E-state index contributed by atoms with van der Waals surface area (Å²) in [5.74, 6) is 0.183. The van der Waals surface area contributed by atoms with Gasteiger partial charge in [0, 0.05) is 25.3 Å². The maximum Gasteiger partial charge on any atom is 0.308 e. The first-order valence-electron chi connectivity index (χ1n) is 7.06. The van der Waals surface area contributed by atoms with E-state index in [1.54, 1.807) is 18.2 Å². The van der Waals surface area contributed by atoms with Crippen molar-refractivity contribution in [3.63, 3.8) is 0 Å². The van der Waals surface area contributed by atoms with Gasteiger partial charge in [-0.05, 0) is 17.7 Å². The van der Waals surface area contributed by atoms with Crippen LogP contribution < -0.4 is 14.2 Å². The Labute approximate surface area is 144 Å². The molecule has 0 saturated carbocycles. The first kappa shape index (κ1) is 17.9. The van der Waals surface area contributed by atoms with E-state index in [2.05, 4.69) is 0 Å². The van der Waals surface area contributed by atoms with Gasteiger partial charge < -0.3 is 18.9 Å². The van der Waals surface area contributed by atoms with Crippen molar-refractivity contribution >= 4 is 34.3 Å². The van der Waals surface area contributed by atoms with Gasteiger partial charge in [0.05, 0.1) is 24.6 Å². The molecule has 2 aromatic carbocycles. The lowest BCUT2D eigenvalue weighted by Gasteiger charge is -2.16. The summed E-state index contributed by atoms with van der Waals surface area (Å²) >= 11 is 6.22. The van der Waals surface area contributed by atoms with E-state index in [0.717, 1.165) is 0 Å². The molecule has 0 N–H and O–H groups in total. The zero-order valence-corrected chi connectivity index (χ0v) is 14.5. The number of rotatable bonds is 5. The average molecular weight is 353 g/mol. The van der Waals surface area contributed by atoms with Gasteiger partial charge in [-0.1, -0.05) is 11.6 Å². The van der Waals surface area contributed by atoms with Gasteiger partial charge in [0.2, 0.25) is 0 Å². The third kappa shape index (κ3) is 3.71. The molecule has 0 fully saturated rings. The number of methoxy groups -OCH3 is 2. The van der Waals surface area contributed by atoms with Gasteiger partial charge in [0.25, 0.3) is 0 Å². The number of hydrogen-bond acceptors (Lipinski definition) is 6. The Morgan fingerprint density at radius 3 is 2.25 bits per heavy atom. The lowest BCUT2D eigenvalue weighted by Crippen LogP contribution is -2.05. The summed E-state index contributed by atoms with van der Waals surface area (Å²) in [7, 11) is 2.97. The number of carbonyl (C=O) groups is 2. The van der Waals surface area contributed by atoms with E-state index in [0.29, 0.717) is 32.9 Å². The predicted octanol–water partition coefficient (Wildman–Crippen LogP) is 3.50. The molecule has 2 rings (SSSR count). The van der Waals surface area contributed by atoms with Crippen LogP contribution in [-0.2, 0) is 20.9 Å². The highest BCUT2D eigenvalue weighted by Crippen LogP contribution is 2.44. The van der Waals surface area contributed by atoms with Gasteiger partial charge in [-0.15, -0.1) is 0 Å². The molecule has 128 valence electrons. The second-order valence-corrected chi connectivity index (χ2v) is 5.39. The van der Waals surface area contributed by atoms with Crippen LogP contribution in [0.5, 0.6) is 17.2 Å². The first-order valence-corrected chi connectivity index (χ1v) is 7.44. The Balaban J connectivity index is 2.76. The van der Waals surface area contributed by atoms with Gasteiger partial charge in [-0.2, -0.15) is 0 Å². The van der Waals surface area contributed by atoms with Crippen LogP contribution in [0.1, 0.15) is 19.4 Å². The van der Waals surface area contributed by atoms with E-state index in [-0.39, 0.29) is 12.4 Å². The lowest BCUT2D eigenvalue weighted by atomic mass is 10.0. The third-order valence-corrected chi connectivity index (χ3v) is 3.53. The average Bonchev–Trinajstić information content (AvgIpc) is 2.52. The van der Waals surface area contributed by atoms with Gasteiger partial charge in [-0.25, -0.2) is 0 Å². The topological polar surface area (TPSA) is 71.1 Å². The molecule has 6 nitrogen and oxygen atoms in total. The zero-order chi connectivity index (χ0) is 17.9. The highest BCUT2D eigenvalue weighted by molar-refractivity contribution is 6.34. The number of halogens is 1. The Morgan fingerprint density at radius 2 is 1.71 bits per heavy atom. The van der Waals surface area contributed by atoms with Crippen LogP contribution in [0.25, 0.3) is 10.8 Å². The number of esters is 2. The zero-order valence-electron chi connectivity index (χ0n) is 13.8. The van der Waals surface area contributed by atoms with Gasteiger partial charge in [-0.3, -0.25) is 9.59 Å². The van der Waals surface area contributed by atoms with Crippen LogP contribution in [0.3, 0.4) is 0 Å². The van der Waals surface area contributed by atoms with E-state index in [9.17, 15) is 9.59 Å².